The lowest BCUT2D eigenvalue weighted by Crippen LogP contribution is -2.57. The van der Waals surface area contributed by atoms with E-state index in [0.29, 0.717) is 30.3 Å². The first-order chi connectivity index (χ1) is 14.7. The Labute approximate surface area is 172 Å². The van der Waals surface area contributed by atoms with Crippen molar-refractivity contribution in [3.8, 4) is 0 Å². The fraction of sp³-hybridized carbons (Fsp3) is 0.174. The van der Waals surface area contributed by atoms with Gasteiger partial charge in [0.1, 0.15) is 22.9 Å². The van der Waals surface area contributed by atoms with Crippen LogP contribution in [0.25, 0.3) is 28.1 Å². The van der Waals surface area contributed by atoms with Crippen molar-refractivity contribution in [2.24, 2.45) is 0 Å². The van der Waals surface area contributed by atoms with Gasteiger partial charge in [-0.1, -0.05) is 30.3 Å². The summed E-state index contributed by atoms with van der Waals surface area (Å²) in [7, 11) is 0. The van der Waals surface area contributed by atoms with E-state index in [2.05, 4.69) is 10.3 Å². The van der Waals surface area contributed by atoms with Crippen molar-refractivity contribution in [2.75, 3.05) is 13.1 Å². The molecule has 0 bridgehead atoms. The minimum atomic E-state index is -0.681. The molecule has 4 aromatic rings. The van der Waals surface area contributed by atoms with Crippen LogP contribution in [-0.2, 0) is 16.0 Å². The predicted molar refractivity (Wildman–Crippen MR) is 111 cm³/mol. The van der Waals surface area contributed by atoms with E-state index < -0.39 is 6.04 Å². The molecule has 0 radical (unpaired) electrons. The molecule has 1 atom stereocenters. The SMILES string of the molecule is O=C1NCCN(C(=O)C=Cc2cc3ccccc3o2)C1Cc1nc2ccccc2o1. The first kappa shape index (κ1) is 18.2. The predicted octanol–water partition coefficient (Wildman–Crippen LogP) is 3.16. The molecule has 0 saturated carbocycles. The van der Waals surface area contributed by atoms with Crippen LogP contribution in [0.1, 0.15) is 11.7 Å². The van der Waals surface area contributed by atoms with Crippen molar-refractivity contribution in [3.05, 3.63) is 72.3 Å². The Morgan fingerprint density at radius 3 is 2.77 bits per heavy atom. The van der Waals surface area contributed by atoms with E-state index in [1.807, 2.05) is 54.6 Å². The normalized spacial score (nSPS) is 17.1. The summed E-state index contributed by atoms with van der Waals surface area (Å²) in [5.41, 5.74) is 2.15. The Morgan fingerprint density at radius 1 is 1.13 bits per heavy atom. The zero-order valence-electron chi connectivity index (χ0n) is 16.1. The lowest BCUT2D eigenvalue weighted by Gasteiger charge is -2.33. The molecule has 2 amide bonds. The Kier molecular flexibility index (Phi) is 4.55. The molecule has 0 spiro atoms. The van der Waals surface area contributed by atoms with Gasteiger partial charge in [0, 0.05) is 24.6 Å². The summed E-state index contributed by atoms with van der Waals surface area (Å²) in [6.45, 7) is 0.826. The molecule has 1 unspecified atom stereocenters. The van der Waals surface area contributed by atoms with Gasteiger partial charge in [-0.25, -0.2) is 4.98 Å². The van der Waals surface area contributed by atoms with E-state index >= 15 is 0 Å². The second-order valence-corrected chi connectivity index (χ2v) is 7.14. The molecule has 3 heterocycles. The van der Waals surface area contributed by atoms with Crippen LogP contribution in [0.15, 0.2) is 69.5 Å². The third-order valence-electron chi connectivity index (χ3n) is 5.15. The van der Waals surface area contributed by atoms with Crippen molar-refractivity contribution in [1.82, 2.24) is 15.2 Å². The first-order valence-electron chi connectivity index (χ1n) is 9.77. The number of aromatic nitrogens is 1. The molecule has 1 aliphatic heterocycles. The summed E-state index contributed by atoms with van der Waals surface area (Å²) in [6.07, 6.45) is 3.28. The highest BCUT2D eigenvalue weighted by atomic mass is 16.3. The summed E-state index contributed by atoms with van der Waals surface area (Å²) in [5.74, 6) is 0.541. The molecule has 7 heteroatoms. The number of nitrogens with one attached hydrogen (secondary N) is 1. The number of para-hydroxylation sites is 3. The zero-order chi connectivity index (χ0) is 20.5. The van der Waals surface area contributed by atoms with Crippen LogP contribution in [0.4, 0.5) is 0 Å². The second-order valence-electron chi connectivity index (χ2n) is 7.14. The molecule has 1 aliphatic rings. The largest absolute Gasteiger partial charge is 0.457 e. The number of nitrogens with zero attached hydrogens (tertiary/aromatic N) is 2. The summed E-state index contributed by atoms with van der Waals surface area (Å²) in [4.78, 5) is 31.4. The maximum absolute atomic E-state index is 12.9. The average molecular weight is 401 g/mol. The molecule has 0 aliphatic carbocycles. The molecule has 1 N–H and O–H groups in total. The number of piperazine rings is 1. The van der Waals surface area contributed by atoms with Gasteiger partial charge in [0.25, 0.3) is 0 Å². The number of hydrogen-bond donors (Lipinski definition) is 1. The smallest absolute Gasteiger partial charge is 0.247 e. The van der Waals surface area contributed by atoms with Crippen LogP contribution in [0.5, 0.6) is 0 Å². The molecule has 2 aromatic heterocycles. The van der Waals surface area contributed by atoms with Gasteiger partial charge in [-0.15, -0.1) is 0 Å². The molecular formula is C23H19N3O4. The van der Waals surface area contributed by atoms with Crippen LogP contribution in [0, 0.1) is 0 Å². The molecule has 30 heavy (non-hydrogen) atoms. The van der Waals surface area contributed by atoms with E-state index in [9.17, 15) is 9.59 Å². The second kappa shape index (κ2) is 7.51. The topological polar surface area (TPSA) is 88.6 Å². The van der Waals surface area contributed by atoms with Crippen molar-refractivity contribution in [2.45, 2.75) is 12.5 Å². The van der Waals surface area contributed by atoms with E-state index in [1.165, 1.54) is 6.08 Å². The average Bonchev–Trinajstić information content (AvgIpc) is 3.36. The van der Waals surface area contributed by atoms with Crippen molar-refractivity contribution in [3.63, 3.8) is 0 Å². The van der Waals surface area contributed by atoms with Crippen LogP contribution >= 0.6 is 0 Å². The number of amides is 2. The molecular weight excluding hydrogens is 382 g/mol. The fourth-order valence-corrected chi connectivity index (χ4v) is 3.69. The lowest BCUT2D eigenvalue weighted by atomic mass is 10.1. The standard InChI is InChI=1S/C23H19N3O4/c27-22(10-9-16-13-15-5-1-3-7-19(15)29-16)26-12-11-24-23(28)18(26)14-21-25-17-6-2-4-8-20(17)30-21/h1-10,13,18H,11-12,14H2,(H,24,28). The van der Waals surface area contributed by atoms with Crippen LogP contribution in [0.3, 0.4) is 0 Å². The number of rotatable bonds is 4. The molecule has 1 fully saturated rings. The number of benzene rings is 2. The Bertz CT molecular complexity index is 1200. The van der Waals surface area contributed by atoms with Crippen LogP contribution < -0.4 is 5.32 Å². The van der Waals surface area contributed by atoms with Gasteiger partial charge in [0.15, 0.2) is 11.5 Å². The lowest BCUT2D eigenvalue weighted by molar-refractivity contribution is -0.140. The summed E-state index contributed by atoms with van der Waals surface area (Å²) in [6, 6.07) is 16.3. The molecule has 150 valence electrons. The zero-order valence-corrected chi connectivity index (χ0v) is 16.1. The van der Waals surface area contributed by atoms with Gasteiger partial charge in [-0.05, 0) is 30.3 Å². The van der Waals surface area contributed by atoms with Gasteiger partial charge < -0.3 is 19.1 Å². The highest BCUT2D eigenvalue weighted by molar-refractivity contribution is 5.96. The van der Waals surface area contributed by atoms with Gasteiger partial charge in [0.05, 0.1) is 6.42 Å². The van der Waals surface area contributed by atoms with Crippen molar-refractivity contribution >= 4 is 40.0 Å². The van der Waals surface area contributed by atoms with Gasteiger partial charge in [-0.3, -0.25) is 9.59 Å². The molecule has 5 rings (SSSR count). The molecule has 7 nitrogen and oxygen atoms in total. The first-order valence-corrected chi connectivity index (χ1v) is 9.77. The number of hydrogen-bond acceptors (Lipinski definition) is 5. The highest BCUT2D eigenvalue weighted by Crippen LogP contribution is 2.21. The third kappa shape index (κ3) is 3.45. The minimum Gasteiger partial charge on any atom is -0.457 e. The Hall–Kier alpha value is -3.87. The van der Waals surface area contributed by atoms with Crippen molar-refractivity contribution < 1.29 is 18.4 Å². The van der Waals surface area contributed by atoms with Crippen molar-refractivity contribution in [1.29, 1.82) is 0 Å². The number of carbonyl (C=O) groups excluding carboxylic acids is 2. The maximum Gasteiger partial charge on any atom is 0.247 e. The summed E-state index contributed by atoms with van der Waals surface area (Å²) < 4.78 is 11.5. The summed E-state index contributed by atoms with van der Waals surface area (Å²) >= 11 is 0. The molecule has 1 saturated heterocycles. The van der Waals surface area contributed by atoms with Gasteiger partial charge in [-0.2, -0.15) is 0 Å². The number of oxazole rings is 1. The number of carbonyl (C=O) groups is 2. The van der Waals surface area contributed by atoms with Gasteiger partial charge >= 0.3 is 0 Å². The third-order valence-corrected chi connectivity index (χ3v) is 5.15. The van der Waals surface area contributed by atoms with E-state index in [0.717, 1.165) is 16.5 Å². The highest BCUT2D eigenvalue weighted by Gasteiger charge is 2.33. The van der Waals surface area contributed by atoms with E-state index in [4.69, 9.17) is 8.83 Å². The quantitative estimate of drug-likeness (QED) is 0.531. The summed E-state index contributed by atoms with van der Waals surface area (Å²) in [5, 5.41) is 3.79. The van der Waals surface area contributed by atoms with Gasteiger partial charge in [0.2, 0.25) is 11.8 Å². The minimum absolute atomic E-state index is 0.213. The number of furan rings is 1. The fourth-order valence-electron chi connectivity index (χ4n) is 3.69. The van der Waals surface area contributed by atoms with E-state index in [-0.39, 0.29) is 18.2 Å². The van der Waals surface area contributed by atoms with Crippen LogP contribution in [0.2, 0.25) is 0 Å². The maximum atomic E-state index is 12.9. The Morgan fingerprint density at radius 2 is 1.93 bits per heavy atom. The number of fused-ring (bicyclic) bond motifs is 2. The van der Waals surface area contributed by atoms with Crippen LogP contribution in [-0.4, -0.2) is 40.8 Å². The molecule has 2 aromatic carbocycles. The monoisotopic (exact) mass is 401 g/mol. The van der Waals surface area contributed by atoms with E-state index in [1.54, 1.807) is 11.0 Å². The Balaban J connectivity index is 1.36.